The van der Waals surface area contributed by atoms with Crippen LogP contribution in [0.5, 0.6) is 0 Å². The maximum Gasteiger partial charge on any atom is 0.114 e. The summed E-state index contributed by atoms with van der Waals surface area (Å²) < 4.78 is 0. The van der Waals surface area contributed by atoms with Crippen LogP contribution in [0.3, 0.4) is 0 Å². The Hall–Kier alpha value is -1.94. The molecule has 1 heterocycles. The molecular weight excluding hydrogens is 322 g/mol. The smallest absolute Gasteiger partial charge is 0.114 e. The van der Waals surface area contributed by atoms with Crippen LogP contribution in [0.25, 0.3) is 11.3 Å². The number of oxime groups is 1. The first-order valence-electron chi connectivity index (χ1n) is 8.22. The number of hydrogen-bond donors (Lipinski definition) is 0. The van der Waals surface area contributed by atoms with Crippen molar-refractivity contribution >= 4 is 17.3 Å². The van der Waals surface area contributed by atoms with Gasteiger partial charge in [0, 0.05) is 16.1 Å². The van der Waals surface area contributed by atoms with Crippen LogP contribution in [-0.2, 0) is 11.3 Å². The van der Waals surface area contributed by atoms with Gasteiger partial charge in [0.2, 0.25) is 0 Å². The van der Waals surface area contributed by atoms with E-state index in [9.17, 15) is 0 Å². The van der Waals surface area contributed by atoms with Gasteiger partial charge < -0.3 is 4.84 Å². The Balaban J connectivity index is 2.06. The molecule has 0 N–H and O–H groups in total. The fraction of sp³-hybridized carbons (Fsp3) is 0.421. The van der Waals surface area contributed by atoms with Gasteiger partial charge in [-0.25, -0.2) is 0 Å². The molecule has 4 nitrogen and oxygen atoms in total. The SMILES string of the molecule is CCO/N=C1\CC(C)(C)Cc2nnc(-c3ccc(Cl)c(C)c3)cc21. The number of rotatable bonds is 3. The number of benzene rings is 1. The lowest BCUT2D eigenvalue weighted by Crippen LogP contribution is -2.29. The molecule has 5 heteroatoms. The summed E-state index contributed by atoms with van der Waals surface area (Å²) in [5, 5.41) is 14.0. The van der Waals surface area contributed by atoms with Gasteiger partial charge in [-0.05, 0) is 55.9 Å². The number of aryl methyl sites for hydroxylation is 1. The first-order valence-corrected chi connectivity index (χ1v) is 8.60. The molecule has 2 aromatic rings. The second kappa shape index (κ2) is 6.52. The molecule has 0 saturated heterocycles. The molecule has 0 bridgehead atoms. The number of hydrogen-bond acceptors (Lipinski definition) is 4. The molecule has 0 atom stereocenters. The van der Waals surface area contributed by atoms with Crippen molar-refractivity contribution in [3.05, 3.63) is 46.1 Å². The summed E-state index contributed by atoms with van der Waals surface area (Å²) in [5.74, 6) is 0. The molecule has 1 aromatic carbocycles. The van der Waals surface area contributed by atoms with E-state index in [1.54, 1.807) is 0 Å². The topological polar surface area (TPSA) is 47.4 Å². The van der Waals surface area contributed by atoms with E-state index in [1.807, 2.05) is 32.0 Å². The van der Waals surface area contributed by atoms with Crippen LogP contribution in [0.2, 0.25) is 5.02 Å². The Bertz CT molecular complexity index is 799. The van der Waals surface area contributed by atoms with Gasteiger partial charge in [-0.15, -0.1) is 0 Å². The van der Waals surface area contributed by atoms with Crippen LogP contribution in [0.1, 0.15) is 44.0 Å². The molecule has 0 amide bonds. The van der Waals surface area contributed by atoms with Gasteiger partial charge in [0.15, 0.2) is 0 Å². The minimum atomic E-state index is 0.107. The summed E-state index contributed by atoms with van der Waals surface area (Å²) in [7, 11) is 0. The van der Waals surface area contributed by atoms with E-state index >= 15 is 0 Å². The molecule has 0 radical (unpaired) electrons. The van der Waals surface area contributed by atoms with E-state index in [-0.39, 0.29) is 5.41 Å². The summed E-state index contributed by atoms with van der Waals surface area (Å²) in [4.78, 5) is 5.33. The fourth-order valence-corrected chi connectivity index (χ4v) is 3.15. The third-order valence-corrected chi connectivity index (χ3v) is 4.65. The Labute approximate surface area is 147 Å². The van der Waals surface area contributed by atoms with Crippen LogP contribution in [0.4, 0.5) is 0 Å². The number of aromatic nitrogens is 2. The highest BCUT2D eigenvalue weighted by Gasteiger charge is 2.31. The summed E-state index contributed by atoms with van der Waals surface area (Å²) in [6, 6.07) is 7.96. The van der Waals surface area contributed by atoms with Crippen molar-refractivity contribution < 1.29 is 4.84 Å². The lowest BCUT2D eigenvalue weighted by Gasteiger charge is -2.30. The highest BCUT2D eigenvalue weighted by molar-refractivity contribution is 6.31. The molecule has 3 rings (SSSR count). The van der Waals surface area contributed by atoms with Gasteiger partial charge in [0.05, 0.1) is 17.1 Å². The maximum absolute atomic E-state index is 6.12. The Morgan fingerprint density at radius 2 is 2.00 bits per heavy atom. The van der Waals surface area contributed by atoms with Crippen molar-refractivity contribution in [1.82, 2.24) is 10.2 Å². The molecule has 0 saturated carbocycles. The fourth-order valence-electron chi connectivity index (χ4n) is 3.03. The standard InChI is InChI=1S/C19H22ClN3O/c1-5-24-23-18-11-19(3,4)10-17-14(18)9-16(21-22-17)13-6-7-15(20)12(2)8-13/h6-9H,5,10-11H2,1-4H3/b23-18+. The highest BCUT2D eigenvalue weighted by Crippen LogP contribution is 2.35. The number of halogens is 1. The van der Waals surface area contributed by atoms with Gasteiger partial charge in [-0.3, -0.25) is 0 Å². The molecule has 126 valence electrons. The van der Waals surface area contributed by atoms with E-state index in [0.29, 0.717) is 6.61 Å². The van der Waals surface area contributed by atoms with Crippen LogP contribution in [-0.4, -0.2) is 22.5 Å². The van der Waals surface area contributed by atoms with Crippen molar-refractivity contribution in [2.75, 3.05) is 6.61 Å². The molecule has 0 fully saturated rings. The van der Waals surface area contributed by atoms with Gasteiger partial charge in [-0.2, -0.15) is 10.2 Å². The summed E-state index contributed by atoms with van der Waals surface area (Å²) in [6.45, 7) is 8.92. The van der Waals surface area contributed by atoms with E-state index in [1.165, 1.54) is 0 Å². The largest absolute Gasteiger partial charge is 0.396 e. The van der Waals surface area contributed by atoms with E-state index < -0.39 is 0 Å². The van der Waals surface area contributed by atoms with Crippen LogP contribution < -0.4 is 0 Å². The zero-order valence-electron chi connectivity index (χ0n) is 14.6. The Kier molecular flexibility index (Phi) is 4.59. The van der Waals surface area contributed by atoms with Gasteiger partial charge in [-0.1, -0.05) is 36.7 Å². The average molecular weight is 344 g/mol. The zero-order valence-corrected chi connectivity index (χ0v) is 15.3. The van der Waals surface area contributed by atoms with Crippen molar-refractivity contribution in [2.45, 2.75) is 40.5 Å². The molecule has 1 aromatic heterocycles. The number of fused-ring (bicyclic) bond motifs is 1. The molecule has 0 aliphatic heterocycles. The quantitative estimate of drug-likeness (QED) is 0.751. The van der Waals surface area contributed by atoms with Gasteiger partial charge >= 0.3 is 0 Å². The van der Waals surface area contributed by atoms with Crippen molar-refractivity contribution in [2.24, 2.45) is 10.6 Å². The highest BCUT2D eigenvalue weighted by atomic mass is 35.5. The second-order valence-electron chi connectivity index (χ2n) is 7.03. The van der Waals surface area contributed by atoms with Crippen molar-refractivity contribution in [3.63, 3.8) is 0 Å². The minimum Gasteiger partial charge on any atom is -0.396 e. The van der Waals surface area contributed by atoms with Crippen molar-refractivity contribution in [1.29, 1.82) is 0 Å². The van der Waals surface area contributed by atoms with E-state index in [2.05, 4.69) is 35.3 Å². The summed E-state index contributed by atoms with van der Waals surface area (Å²) in [5.41, 5.74) is 5.95. The van der Waals surface area contributed by atoms with E-state index in [4.69, 9.17) is 16.4 Å². The molecule has 1 aliphatic rings. The third kappa shape index (κ3) is 3.44. The number of nitrogens with zero attached hydrogens (tertiary/aromatic N) is 3. The van der Waals surface area contributed by atoms with Crippen LogP contribution >= 0.6 is 11.6 Å². The van der Waals surface area contributed by atoms with Crippen LogP contribution in [0.15, 0.2) is 29.4 Å². The third-order valence-electron chi connectivity index (χ3n) is 4.23. The first-order chi connectivity index (χ1) is 11.4. The molecule has 0 unspecified atom stereocenters. The van der Waals surface area contributed by atoms with Crippen molar-refractivity contribution in [3.8, 4) is 11.3 Å². The second-order valence-corrected chi connectivity index (χ2v) is 7.43. The zero-order chi connectivity index (χ0) is 17.3. The summed E-state index contributed by atoms with van der Waals surface area (Å²) >= 11 is 6.12. The normalized spacial score (nSPS) is 17.6. The van der Waals surface area contributed by atoms with Gasteiger partial charge in [0.1, 0.15) is 6.61 Å². The average Bonchev–Trinajstić information content (AvgIpc) is 2.54. The Morgan fingerprint density at radius 3 is 2.71 bits per heavy atom. The van der Waals surface area contributed by atoms with E-state index in [0.717, 1.165) is 51.7 Å². The predicted molar refractivity (Wildman–Crippen MR) is 97.5 cm³/mol. The predicted octanol–water partition coefficient (Wildman–Crippen LogP) is 4.82. The monoisotopic (exact) mass is 343 g/mol. The summed E-state index contributed by atoms with van der Waals surface area (Å²) in [6.07, 6.45) is 1.76. The molecular formula is C19H22ClN3O. The lowest BCUT2D eigenvalue weighted by molar-refractivity contribution is 0.156. The first kappa shape index (κ1) is 16.9. The Morgan fingerprint density at radius 1 is 1.21 bits per heavy atom. The maximum atomic E-state index is 6.12. The lowest BCUT2D eigenvalue weighted by atomic mass is 9.75. The minimum absolute atomic E-state index is 0.107. The molecule has 0 spiro atoms. The molecule has 24 heavy (non-hydrogen) atoms. The van der Waals surface area contributed by atoms with Crippen LogP contribution in [0, 0.1) is 12.3 Å². The molecule has 1 aliphatic carbocycles. The van der Waals surface area contributed by atoms with Gasteiger partial charge in [0.25, 0.3) is 0 Å².